The summed E-state index contributed by atoms with van der Waals surface area (Å²) in [6.07, 6.45) is 5.75. The molecule has 0 fully saturated rings. The SMILES string of the molecule is CCNC(Cc1csc(C)n1)Cc1nccn1C. The van der Waals surface area contributed by atoms with Crippen molar-refractivity contribution in [2.24, 2.45) is 7.05 Å². The summed E-state index contributed by atoms with van der Waals surface area (Å²) in [7, 11) is 2.04. The van der Waals surface area contributed by atoms with Crippen molar-refractivity contribution in [3.05, 3.63) is 34.3 Å². The predicted molar refractivity (Wildman–Crippen MR) is 74.9 cm³/mol. The largest absolute Gasteiger partial charge is 0.338 e. The zero-order chi connectivity index (χ0) is 13.0. The first-order valence-electron chi connectivity index (χ1n) is 6.29. The molecule has 0 radical (unpaired) electrons. The van der Waals surface area contributed by atoms with E-state index in [9.17, 15) is 0 Å². The highest BCUT2D eigenvalue weighted by Crippen LogP contribution is 2.12. The second-order valence-electron chi connectivity index (χ2n) is 4.48. The Morgan fingerprint density at radius 3 is 2.83 bits per heavy atom. The van der Waals surface area contributed by atoms with Crippen LogP contribution in [0, 0.1) is 6.92 Å². The second-order valence-corrected chi connectivity index (χ2v) is 5.54. The van der Waals surface area contributed by atoms with Crippen molar-refractivity contribution < 1.29 is 0 Å². The molecule has 1 unspecified atom stereocenters. The number of aromatic nitrogens is 3. The molecule has 2 heterocycles. The number of aryl methyl sites for hydroxylation is 2. The van der Waals surface area contributed by atoms with Crippen molar-refractivity contribution in [1.29, 1.82) is 0 Å². The van der Waals surface area contributed by atoms with Crippen molar-refractivity contribution in [1.82, 2.24) is 19.9 Å². The zero-order valence-electron chi connectivity index (χ0n) is 11.2. The molecule has 1 N–H and O–H groups in total. The monoisotopic (exact) mass is 264 g/mol. The average molecular weight is 264 g/mol. The number of imidazole rings is 1. The fraction of sp³-hybridized carbons (Fsp3) is 0.538. The van der Waals surface area contributed by atoms with Crippen molar-refractivity contribution in [2.45, 2.75) is 32.7 Å². The molecule has 0 saturated carbocycles. The molecule has 0 aliphatic carbocycles. The first kappa shape index (κ1) is 13.2. The number of rotatable bonds is 6. The van der Waals surface area contributed by atoms with Crippen LogP contribution >= 0.6 is 11.3 Å². The third kappa shape index (κ3) is 3.40. The van der Waals surface area contributed by atoms with Crippen LogP contribution in [0.5, 0.6) is 0 Å². The Balaban J connectivity index is 2.02. The fourth-order valence-corrected chi connectivity index (χ4v) is 2.70. The summed E-state index contributed by atoms with van der Waals surface area (Å²) in [5, 5.41) is 6.80. The molecule has 0 bridgehead atoms. The number of nitrogens with zero attached hydrogens (tertiary/aromatic N) is 3. The maximum Gasteiger partial charge on any atom is 0.109 e. The van der Waals surface area contributed by atoms with E-state index in [0.29, 0.717) is 6.04 Å². The quantitative estimate of drug-likeness (QED) is 0.867. The van der Waals surface area contributed by atoms with Crippen LogP contribution < -0.4 is 5.32 Å². The van der Waals surface area contributed by atoms with E-state index < -0.39 is 0 Å². The Kier molecular flexibility index (Phi) is 4.49. The maximum absolute atomic E-state index is 4.54. The van der Waals surface area contributed by atoms with Gasteiger partial charge in [0.15, 0.2) is 0 Å². The summed E-state index contributed by atoms with van der Waals surface area (Å²) in [5.74, 6) is 1.12. The maximum atomic E-state index is 4.54. The van der Waals surface area contributed by atoms with Gasteiger partial charge >= 0.3 is 0 Å². The molecule has 0 spiro atoms. The molecule has 98 valence electrons. The van der Waals surface area contributed by atoms with E-state index in [1.165, 1.54) is 5.69 Å². The van der Waals surface area contributed by atoms with E-state index in [-0.39, 0.29) is 0 Å². The van der Waals surface area contributed by atoms with Gasteiger partial charge in [0.2, 0.25) is 0 Å². The van der Waals surface area contributed by atoms with Crippen LogP contribution in [0.15, 0.2) is 17.8 Å². The summed E-state index contributed by atoms with van der Waals surface area (Å²) >= 11 is 1.72. The summed E-state index contributed by atoms with van der Waals surface area (Å²) < 4.78 is 2.08. The Morgan fingerprint density at radius 1 is 1.44 bits per heavy atom. The van der Waals surface area contributed by atoms with E-state index >= 15 is 0 Å². The van der Waals surface area contributed by atoms with Gasteiger partial charge in [-0.05, 0) is 13.5 Å². The van der Waals surface area contributed by atoms with E-state index in [0.717, 1.165) is 30.2 Å². The van der Waals surface area contributed by atoms with Gasteiger partial charge in [-0.2, -0.15) is 0 Å². The molecule has 0 saturated heterocycles. The lowest BCUT2D eigenvalue weighted by molar-refractivity contribution is 0.500. The minimum Gasteiger partial charge on any atom is -0.338 e. The summed E-state index contributed by atoms with van der Waals surface area (Å²) in [5.41, 5.74) is 1.18. The van der Waals surface area contributed by atoms with Gasteiger partial charge in [0.05, 0.1) is 10.7 Å². The minimum absolute atomic E-state index is 0.401. The molecule has 4 nitrogen and oxygen atoms in total. The van der Waals surface area contributed by atoms with Crippen LogP contribution in [-0.4, -0.2) is 27.1 Å². The standard InChI is InChI=1S/C13H20N4S/c1-4-14-11(7-12-9-18-10(2)16-12)8-13-15-5-6-17(13)3/h5-6,9,11,14H,4,7-8H2,1-3H3. The smallest absolute Gasteiger partial charge is 0.109 e. The van der Waals surface area contributed by atoms with Crippen LogP contribution in [0.25, 0.3) is 0 Å². The third-order valence-corrected chi connectivity index (χ3v) is 3.79. The topological polar surface area (TPSA) is 42.7 Å². The lowest BCUT2D eigenvalue weighted by Gasteiger charge is -2.16. The van der Waals surface area contributed by atoms with Gasteiger partial charge in [0.25, 0.3) is 0 Å². The molecule has 0 aliphatic rings. The fourth-order valence-electron chi connectivity index (χ4n) is 2.07. The zero-order valence-corrected chi connectivity index (χ0v) is 12.0. The van der Waals surface area contributed by atoms with E-state index in [2.05, 4.69) is 39.1 Å². The Hall–Kier alpha value is -1.20. The number of thiazole rings is 1. The number of hydrogen-bond acceptors (Lipinski definition) is 4. The molecule has 0 aromatic carbocycles. The van der Waals surface area contributed by atoms with Crippen LogP contribution in [-0.2, 0) is 19.9 Å². The molecule has 1 atom stereocenters. The van der Waals surface area contributed by atoms with Gasteiger partial charge in [-0.1, -0.05) is 6.92 Å². The molecular weight excluding hydrogens is 244 g/mol. The normalized spacial score (nSPS) is 12.8. The Morgan fingerprint density at radius 2 is 2.28 bits per heavy atom. The molecule has 2 aromatic heterocycles. The van der Waals surface area contributed by atoms with Crippen LogP contribution in [0.2, 0.25) is 0 Å². The molecule has 18 heavy (non-hydrogen) atoms. The molecule has 5 heteroatoms. The molecular formula is C13H20N4S. The number of nitrogens with one attached hydrogen (secondary N) is 1. The van der Waals surface area contributed by atoms with Gasteiger partial charge in [-0.25, -0.2) is 9.97 Å². The summed E-state index contributed by atoms with van der Waals surface area (Å²) in [6, 6.07) is 0.401. The highest BCUT2D eigenvalue weighted by Gasteiger charge is 2.13. The van der Waals surface area contributed by atoms with Crippen LogP contribution in [0.1, 0.15) is 23.4 Å². The minimum atomic E-state index is 0.401. The van der Waals surface area contributed by atoms with E-state index in [1.54, 1.807) is 11.3 Å². The van der Waals surface area contributed by atoms with E-state index in [4.69, 9.17) is 0 Å². The van der Waals surface area contributed by atoms with E-state index in [1.807, 2.05) is 19.4 Å². The highest BCUT2D eigenvalue weighted by atomic mass is 32.1. The lowest BCUT2D eigenvalue weighted by atomic mass is 10.1. The van der Waals surface area contributed by atoms with Gasteiger partial charge in [0.1, 0.15) is 5.82 Å². The van der Waals surface area contributed by atoms with Crippen molar-refractivity contribution in [3.8, 4) is 0 Å². The lowest BCUT2D eigenvalue weighted by Crippen LogP contribution is -2.34. The van der Waals surface area contributed by atoms with Gasteiger partial charge in [-0.15, -0.1) is 11.3 Å². The van der Waals surface area contributed by atoms with Crippen LogP contribution in [0.4, 0.5) is 0 Å². The number of likely N-dealkylation sites (N-methyl/N-ethyl adjacent to an activating group) is 1. The Bertz CT molecular complexity index is 489. The first-order chi connectivity index (χ1) is 8.69. The molecule has 2 rings (SSSR count). The molecule has 0 aliphatic heterocycles. The van der Waals surface area contributed by atoms with Gasteiger partial charge < -0.3 is 9.88 Å². The van der Waals surface area contributed by atoms with Gasteiger partial charge in [-0.3, -0.25) is 0 Å². The second kappa shape index (κ2) is 6.11. The molecule has 2 aromatic rings. The van der Waals surface area contributed by atoms with Crippen LogP contribution in [0.3, 0.4) is 0 Å². The van der Waals surface area contributed by atoms with Gasteiger partial charge in [0, 0.05) is 43.7 Å². The van der Waals surface area contributed by atoms with Crippen molar-refractivity contribution in [3.63, 3.8) is 0 Å². The van der Waals surface area contributed by atoms with Crippen molar-refractivity contribution >= 4 is 11.3 Å². The number of hydrogen-bond donors (Lipinski definition) is 1. The Labute approximate surface area is 112 Å². The third-order valence-electron chi connectivity index (χ3n) is 2.96. The molecule has 0 amide bonds. The summed E-state index contributed by atoms with van der Waals surface area (Å²) in [6.45, 7) is 5.16. The highest BCUT2D eigenvalue weighted by molar-refractivity contribution is 7.09. The average Bonchev–Trinajstić information content (AvgIpc) is 2.90. The first-order valence-corrected chi connectivity index (χ1v) is 7.17. The van der Waals surface area contributed by atoms with Crippen molar-refractivity contribution in [2.75, 3.05) is 6.54 Å². The predicted octanol–water partition coefficient (Wildman–Crippen LogP) is 1.95. The summed E-state index contributed by atoms with van der Waals surface area (Å²) in [4.78, 5) is 8.93.